The van der Waals surface area contributed by atoms with Gasteiger partial charge in [0.1, 0.15) is 11.8 Å². The first kappa shape index (κ1) is 29.3. The molecule has 37 heavy (non-hydrogen) atoms. The number of ether oxygens (including phenoxy) is 1. The highest BCUT2D eigenvalue weighted by Gasteiger charge is 2.31. The number of amides is 2. The number of carbonyl (C=O) groups excluding carboxylic acids is 3. The second kappa shape index (κ2) is 14.0. The summed E-state index contributed by atoms with van der Waals surface area (Å²) in [6, 6.07) is 10.5. The summed E-state index contributed by atoms with van der Waals surface area (Å²) in [6.07, 6.45) is -0.617. The maximum atomic E-state index is 13.1. The second-order valence-electron chi connectivity index (χ2n) is 8.44. The number of thioether (sulfide) groups is 1. The fourth-order valence-electron chi connectivity index (χ4n) is 3.37. The van der Waals surface area contributed by atoms with Crippen molar-refractivity contribution in [1.82, 2.24) is 10.6 Å². The number of ketones is 1. The van der Waals surface area contributed by atoms with Crippen LogP contribution in [0.1, 0.15) is 36.2 Å². The topological polar surface area (TPSA) is 165 Å². The average Bonchev–Trinajstić information content (AvgIpc) is 2.86. The third-order valence-corrected chi connectivity index (χ3v) is 6.34. The van der Waals surface area contributed by atoms with E-state index in [1.165, 1.54) is 31.0 Å². The van der Waals surface area contributed by atoms with Crippen molar-refractivity contribution in [3.63, 3.8) is 0 Å². The summed E-state index contributed by atoms with van der Waals surface area (Å²) in [7, 11) is 1.29. The molecule has 2 aromatic carbocycles. The molecule has 11 nitrogen and oxygen atoms in total. The Morgan fingerprint density at radius 1 is 1.08 bits per heavy atom. The van der Waals surface area contributed by atoms with E-state index in [2.05, 4.69) is 10.6 Å². The van der Waals surface area contributed by atoms with Gasteiger partial charge in [-0.25, -0.2) is 0 Å². The van der Waals surface area contributed by atoms with E-state index in [9.17, 15) is 34.4 Å². The lowest BCUT2D eigenvalue weighted by atomic mass is 10.0. The standard InChI is InChI=1S/C25H29N3O8S/c1-15(2)23(27-24(32)18-11-17(28(34)35)9-10-21(18)36-3)25(33)26-19(12-22(30)31)20(29)14-37-13-16-7-5-4-6-8-16/h4-11,15,19,23H,12-14H2,1-3H3,(H,26,33)(H,27,32)(H,30,31). The number of nitrogens with zero attached hydrogens (tertiary/aromatic N) is 1. The van der Waals surface area contributed by atoms with E-state index in [4.69, 9.17) is 4.74 Å². The quantitative estimate of drug-likeness (QED) is 0.245. The first-order valence-corrected chi connectivity index (χ1v) is 12.5. The highest BCUT2D eigenvalue weighted by atomic mass is 32.2. The molecule has 0 fully saturated rings. The predicted octanol–water partition coefficient (Wildman–Crippen LogP) is 2.82. The fourth-order valence-corrected chi connectivity index (χ4v) is 4.30. The van der Waals surface area contributed by atoms with Crippen molar-refractivity contribution in [2.24, 2.45) is 5.92 Å². The van der Waals surface area contributed by atoms with Crippen LogP contribution in [0.15, 0.2) is 48.5 Å². The van der Waals surface area contributed by atoms with Gasteiger partial charge in [0.05, 0.1) is 35.8 Å². The molecule has 12 heteroatoms. The molecule has 2 unspecified atom stereocenters. The van der Waals surface area contributed by atoms with Crippen LogP contribution in [0.25, 0.3) is 0 Å². The molecule has 0 heterocycles. The molecule has 0 radical (unpaired) electrons. The molecular formula is C25H29N3O8S. The average molecular weight is 532 g/mol. The summed E-state index contributed by atoms with van der Waals surface area (Å²) in [5.41, 5.74) is 0.514. The number of carboxylic acid groups (broad SMARTS) is 1. The maximum Gasteiger partial charge on any atom is 0.305 e. The lowest BCUT2D eigenvalue weighted by Crippen LogP contribution is -2.54. The van der Waals surface area contributed by atoms with Crippen molar-refractivity contribution in [2.45, 2.75) is 38.1 Å². The third-order valence-electron chi connectivity index (χ3n) is 5.31. The first-order valence-electron chi connectivity index (χ1n) is 11.3. The summed E-state index contributed by atoms with van der Waals surface area (Å²) in [5.74, 6) is -3.15. The van der Waals surface area contributed by atoms with Gasteiger partial charge in [0.25, 0.3) is 11.6 Å². The molecule has 0 spiro atoms. The molecule has 2 amide bonds. The molecule has 2 atom stereocenters. The number of nitro benzene ring substituents is 1. The van der Waals surface area contributed by atoms with Crippen LogP contribution in [0.2, 0.25) is 0 Å². The minimum atomic E-state index is -1.29. The third kappa shape index (κ3) is 8.90. The Morgan fingerprint density at radius 3 is 2.32 bits per heavy atom. The summed E-state index contributed by atoms with van der Waals surface area (Å²) in [6.45, 7) is 3.30. The van der Waals surface area contributed by atoms with Crippen LogP contribution in [-0.2, 0) is 20.1 Å². The number of non-ortho nitro benzene ring substituents is 1. The van der Waals surface area contributed by atoms with Gasteiger partial charge in [-0.3, -0.25) is 29.3 Å². The first-order chi connectivity index (χ1) is 17.5. The highest BCUT2D eigenvalue weighted by molar-refractivity contribution is 7.99. The van der Waals surface area contributed by atoms with Crippen molar-refractivity contribution in [1.29, 1.82) is 0 Å². The maximum absolute atomic E-state index is 13.1. The van der Waals surface area contributed by atoms with Crippen molar-refractivity contribution >= 4 is 41.0 Å². The zero-order chi connectivity index (χ0) is 27.5. The Morgan fingerprint density at radius 2 is 1.76 bits per heavy atom. The molecule has 0 bridgehead atoms. The lowest BCUT2D eigenvalue weighted by molar-refractivity contribution is -0.384. The minimum absolute atomic E-state index is 0.0172. The van der Waals surface area contributed by atoms with E-state index in [1.54, 1.807) is 13.8 Å². The van der Waals surface area contributed by atoms with E-state index in [0.29, 0.717) is 5.75 Å². The molecule has 0 saturated carbocycles. The number of Topliss-reactive ketones (excluding diaryl/α,β-unsaturated/α-hetero) is 1. The Kier molecular flexibility index (Phi) is 11.1. The summed E-state index contributed by atoms with van der Waals surface area (Å²) < 4.78 is 5.12. The molecule has 2 rings (SSSR count). The predicted molar refractivity (Wildman–Crippen MR) is 138 cm³/mol. The van der Waals surface area contributed by atoms with Gasteiger partial charge in [0.2, 0.25) is 5.91 Å². The SMILES string of the molecule is COc1ccc([N+](=O)[O-])cc1C(=O)NC(C(=O)NC(CC(=O)O)C(=O)CSCc1ccccc1)C(C)C. The summed E-state index contributed by atoms with van der Waals surface area (Å²) in [4.78, 5) is 60.6. The number of methoxy groups -OCH3 is 1. The zero-order valence-corrected chi connectivity index (χ0v) is 21.4. The number of carboxylic acids is 1. The van der Waals surface area contributed by atoms with Crippen LogP contribution in [-0.4, -0.2) is 58.5 Å². The number of nitrogens with one attached hydrogen (secondary N) is 2. The number of aliphatic carboxylic acids is 1. The smallest absolute Gasteiger partial charge is 0.305 e. The Balaban J connectivity index is 2.13. The number of rotatable bonds is 14. The number of carbonyl (C=O) groups is 4. The molecule has 0 saturated heterocycles. The largest absolute Gasteiger partial charge is 0.496 e. The molecule has 198 valence electrons. The monoisotopic (exact) mass is 531 g/mol. The summed E-state index contributed by atoms with van der Waals surface area (Å²) in [5, 5.41) is 25.4. The van der Waals surface area contributed by atoms with Crippen molar-refractivity contribution in [3.8, 4) is 5.75 Å². The van der Waals surface area contributed by atoms with Crippen LogP contribution in [0.5, 0.6) is 5.75 Å². The van der Waals surface area contributed by atoms with Crippen LogP contribution in [0.3, 0.4) is 0 Å². The fraction of sp³-hybridized carbons (Fsp3) is 0.360. The van der Waals surface area contributed by atoms with Gasteiger partial charge in [0, 0.05) is 17.9 Å². The van der Waals surface area contributed by atoms with Crippen molar-refractivity contribution < 1.29 is 33.9 Å². The van der Waals surface area contributed by atoms with Gasteiger partial charge < -0.3 is 20.5 Å². The number of benzene rings is 2. The molecule has 0 aliphatic carbocycles. The van der Waals surface area contributed by atoms with Crippen LogP contribution < -0.4 is 15.4 Å². The normalized spacial score (nSPS) is 12.3. The highest BCUT2D eigenvalue weighted by Crippen LogP contribution is 2.24. The molecule has 3 N–H and O–H groups in total. The molecule has 2 aromatic rings. The van der Waals surface area contributed by atoms with E-state index in [0.717, 1.165) is 11.6 Å². The van der Waals surface area contributed by atoms with Gasteiger partial charge in [-0.1, -0.05) is 44.2 Å². The summed E-state index contributed by atoms with van der Waals surface area (Å²) >= 11 is 1.29. The van der Waals surface area contributed by atoms with E-state index in [-0.39, 0.29) is 22.8 Å². The van der Waals surface area contributed by atoms with Crippen molar-refractivity contribution in [2.75, 3.05) is 12.9 Å². The lowest BCUT2D eigenvalue weighted by Gasteiger charge is -2.25. The van der Waals surface area contributed by atoms with Gasteiger partial charge in [-0.15, -0.1) is 11.8 Å². The molecule has 0 aromatic heterocycles. The Bertz CT molecular complexity index is 1140. The Hall–Kier alpha value is -3.93. The number of hydrogen-bond acceptors (Lipinski definition) is 8. The van der Waals surface area contributed by atoms with Crippen LogP contribution in [0, 0.1) is 16.0 Å². The van der Waals surface area contributed by atoms with Gasteiger partial charge in [0.15, 0.2) is 5.78 Å². The second-order valence-corrected chi connectivity index (χ2v) is 9.43. The molecule has 0 aliphatic rings. The number of hydrogen-bond donors (Lipinski definition) is 3. The Labute approximate surface area is 218 Å². The zero-order valence-electron chi connectivity index (χ0n) is 20.6. The molecular weight excluding hydrogens is 502 g/mol. The minimum Gasteiger partial charge on any atom is -0.496 e. The van der Waals surface area contributed by atoms with Gasteiger partial charge >= 0.3 is 5.97 Å². The molecule has 0 aliphatic heterocycles. The van der Waals surface area contributed by atoms with Gasteiger partial charge in [-0.05, 0) is 17.5 Å². The number of nitro groups is 1. The van der Waals surface area contributed by atoms with E-state index in [1.807, 2.05) is 30.3 Å². The van der Waals surface area contributed by atoms with E-state index >= 15 is 0 Å². The van der Waals surface area contributed by atoms with Crippen LogP contribution in [0.4, 0.5) is 5.69 Å². The van der Waals surface area contributed by atoms with Crippen LogP contribution >= 0.6 is 11.8 Å². The van der Waals surface area contributed by atoms with E-state index < -0.39 is 52.9 Å². The van der Waals surface area contributed by atoms with Gasteiger partial charge in [-0.2, -0.15) is 0 Å². The van der Waals surface area contributed by atoms with Crippen molar-refractivity contribution in [3.05, 3.63) is 69.8 Å².